The molecule has 0 aliphatic carbocycles. The minimum Gasteiger partial charge on any atom is -0.497 e. The summed E-state index contributed by atoms with van der Waals surface area (Å²) in [5.74, 6) is -0.565. The number of benzene rings is 1. The average Bonchev–Trinajstić information content (AvgIpc) is 2.47. The van der Waals surface area contributed by atoms with Crippen molar-refractivity contribution >= 4 is 5.97 Å². The van der Waals surface area contributed by atoms with Crippen LogP contribution in [-0.4, -0.2) is 23.2 Å². The Labute approximate surface area is 121 Å². The van der Waals surface area contributed by atoms with Crippen LogP contribution in [-0.2, 0) is 0 Å². The molecule has 0 spiro atoms. The van der Waals surface area contributed by atoms with E-state index in [0.717, 1.165) is 0 Å². The number of hydrogen-bond donors (Lipinski definition) is 1. The van der Waals surface area contributed by atoms with Crippen LogP contribution >= 0.6 is 0 Å². The molecule has 2 rings (SSSR count). The fourth-order valence-electron chi connectivity index (χ4n) is 1.69. The Morgan fingerprint density at radius 3 is 2.71 bits per heavy atom. The van der Waals surface area contributed by atoms with Gasteiger partial charge < -0.3 is 14.6 Å². The maximum Gasteiger partial charge on any atom is 0.339 e. The minimum absolute atomic E-state index is 0.0389. The lowest BCUT2D eigenvalue weighted by Gasteiger charge is -2.11. The molecule has 21 heavy (non-hydrogen) atoms. The van der Waals surface area contributed by atoms with Crippen LogP contribution in [0.4, 0.5) is 0 Å². The molecule has 0 saturated carbocycles. The normalized spacial score (nSPS) is 9.76. The lowest BCUT2D eigenvalue weighted by molar-refractivity contribution is 0.0694. The Kier molecular flexibility index (Phi) is 4.05. The van der Waals surface area contributed by atoms with Crippen LogP contribution in [0.2, 0.25) is 0 Å². The van der Waals surface area contributed by atoms with E-state index in [2.05, 4.69) is 4.98 Å². The Bertz CT molecular complexity index is 735. The topological polar surface area (TPSA) is 92.4 Å². The monoisotopic (exact) mass is 284 g/mol. The van der Waals surface area contributed by atoms with Crippen LogP contribution in [0, 0.1) is 18.3 Å². The quantitative estimate of drug-likeness (QED) is 0.928. The van der Waals surface area contributed by atoms with Gasteiger partial charge in [0, 0.05) is 11.8 Å². The number of carboxylic acid groups (broad SMARTS) is 1. The number of aromatic nitrogens is 1. The molecule has 0 fully saturated rings. The SMILES string of the molecule is COc1ccc(C(=O)O)c(Oc2nc(C)ccc2C#N)c1. The van der Waals surface area contributed by atoms with Crippen molar-refractivity contribution in [2.24, 2.45) is 0 Å². The molecular weight excluding hydrogens is 272 g/mol. The number of hydrogen-bond acceptors (Lipinski definition) is 5. The van der Waals surface area contributed by atoms with Crippen molar-refractivity contribution in [3.8, 4) is 23.4 Å². The zero-order chi connectivity index (χ0) is 15.4. The Hall–Kier alpha value is -3.07. The highest BCUT2D eigenvalue weighted by molar-refractivity contribution is 5.91. The fourth-order valence-corrected chi connectivity index (χ4v) is 1.69. The van der Waals surface area contributed by atoms with Gasteiger partial charge in [-0.1, -0.05) is 0 Å². The first-order valence-electron chi connectivity index (χ1n) is 6.02. The van der Waals surface area contributed by atoms with Crippen molar-refractivity contribution in [3.63, 3.8) is 0 Å². The van der Waals surface area contributed by atoms with Crippen LogP contribution in [0.3, 0.4) is 0 Å². The first-order chi connectivity index (χ1) is 10.0. The molecule has 106 valence electrons. The number of nitriles is 1. The first kappa shape index (κ1) is 14.3. The second-order valence-electron chi connectivity index (χ2n) is 4.19. The van der Waals surface area contributed by atoms with Crippen molar-refractivity contribution in [2.45, 2.75) is 6.92 Å². The van der Waals surface area contributed by atoms with Gasteiger partial charge in [0.05, 0.1) is 7.11 Å². The van der Waals surface area contributed by atoms with E-state index in [1.165, 1.54) is 25.3 Å². The van der Waals surface area contributed by atoms with E-state index in [9.17, 15) is 9.90 Å². The molecule has 0 atom stereocenters. The van der Waals surface area contributed by atoms with Gasteiger partial charge in [0.15, 0.2) is 0 Å². The Morgan fingerprint density at radius 1 is 1.33 bits per heavy atom. The summed E-state index contributed by atoms with van der Waals surface area (Å²) in [4.78, 5) is 15.3. The van der Waals surface area contributed by atoms with Gasteiger partial charge in [-0.05, 0) is 31.2 Å². The summed E-state index contributed by atoms with van der Waals surface area (Å²) in [6.07, 6.45) is 0. The van der Waals surface area contributed by atoms with E-state index in [1.807, 2.05) is 6.07 Å². The van der Waals surface area contributed by atoms with Gasteiger partial charge in [0.1, 0.15) is 28.7 Å². The lowest BCUT2D eigenvalue weighted by Crippen LogP contribution is -2.02. The summed E-state index contributed by atoms with van der Waals surface area (Å²) in [6.45, 7) is 1.75. The molecular formula is C15H12N2O4. The van der Waals surface area contributed by atoms with Crippen LogP contribution in [0.25, 0.3) is 0 Å². The standard InChI is InChI=1S/C15H12N2O4/c1-9-3-4-10(8-16)14(17-9)21-13-7-11(20-2)5-6-12(13)15(18)19/h3-7H,1-2H3,(H,18,19). The van der Waals surface area contributed by atoms with Crippen LogP contribution in [0.5, 0.6) is 17.4 Å². The predicted molar refractivity (Wildman–Crippen MR) is 73.7 cm³/mol. The molecule has 2 aromatic rings. The summed E-state index contributed by atoms with van der Waals surface area (Å²) >= 11 is 0. The highest BCUT2D eigenvalue weighted by Crippen LogP contribution is 2.30. The summed E-state index contributed by atoms with van der Waals surface area (Å²) in [6, 6.07) is 9.53. The molecule has 6 nitrogen and oxygen atoms in total. The van der Waals surface area contributed by atoms with Gasteiger partial charge in [0.2, 0.25) is 5.88 Å². The zero-order valence-electron chi connectivity index (χ0n) is 11.5. The molecule has 0 aliphatic heterocycles. The molecule has 0 amide bonds. The average molecular weight is 284 g/mol. The van der Waals surface area contributed by atoms with E-state index < -0.39 is 5.97 Å². The van der Waals surface area contributed by atoms with Gasteiger partial charge in [-0.2, -0.15) is 5.26 Å². The summed E-state index contributed by atoms with van der Waals surface area (Å²) in [7, 11) is 1.46. The molecule has 0 unspecified atom stereocenters. The second-order valence-corrected chi connectivity index (χ2v) is 4.19. The van der Waals surface area contributed by atoms with E-state index in [4.69, 9.17) is 14.7 Å². The Morgan fingerprint density at radius 2 is 2.10 bits per heavy atom. The van der Waals surface area contributed by atoms with E-state index in [1.54, 1.807) is 19.1 Å². The van der Waals surface area contributed by atoms with Gasteiger partial charge >= 0.3 is 5.97 Å². The number of ether oxygens (including phenoxy) is 2. The van der Waals surface area contributed by atoms with E-state index >= 15 is 0 Å². The fraction of sp³-hybridized carbons (Fsp3) is 0.133. The molecule has 1 N–H and O–H groups in total. The largest absolute Gasteiger partial charge is 0.497 e. The first-order valence-corrected chi connectivity index (χ1v) is 6.02. The van der Waals surface area contributed by atoms with Crippen LogP contribution in [0.1, 0.15) is 21.6 Å². The number of pyridine rings is 1. The number of aromatic carboxylic acids is 1. The number of carboxylic acids is 1. The predicted octanol–water partition coefficient (Wildman–Crippen LogP) is 2.76. The van der Waals surface area contributed by atoms with Gasteiger partial charge in [-0.3, -0.25) is 0 Å². The third kappa shape index (κ3) is 3.09. The van der Waals surface area contributed by atoms with Crippen molar-refractivity contribution in [2.75, 3.05) is 7.11 Å². The van der Waals surface area contributed by atoms with Crippen molar-refractivity contribution in [1.82, 2.24) is 4.98 Å². The molecule has 6 heteroatoms. The van der Waals surface area contributed by atoms with Crippen molar-refractivity contribution in [3.05, 3.63) is 47.2 Å². The highest BCUT2D eigenvalue weighted by atomic mass is 16.5. The van der Waals surface area contributed by atoms with Crippen LogP contribution in [0.15, 0.2) is 30.3 Å². The maximum absolute atomic E-state index is 11.2. The van der Waals surface area contributed by atoms with Crippen LogP contribution < -0.4 is 9.47 Å². The van der Waals surface area contributed by atoms with Gasteiger partial charge in [0.25, 0.3) is 0 Å². The van der Waals surface area contributed by atoms with E-state index in [-0.39, 0.29) is 22.8 Å². The molecule has 0 radical (unpaired) electrons. The Balaban J connectivity index is 2.50. The van der Waals surface area contributed by atoms with Crippen molar-refractivity contribution < 1.29 is 19.4 Å². The smallest absolute Gasteiger partial charge is 0.339 e. The molecule has 1 aromatic heterocycles. The zero-order valence-corrected chi connectivity index (χ0v) is 11.5. The summed E-state index contributed by atoms with van der Waals surface area (Å²) in [5, 5.41) is 18.2. The number of methoxy groups -OCH3 is 1. The number of nitrogens with zero attached hydrogens (tertiary/aromatic N) is 2. The number of aryl methyl sites for hydroxylation is 1. The summed E-state index contributed by atoms with van der Waals surface area (Å²) in [5.41, 5.74) is 0.839. The molecule has 0 bridgehead atoms. The number of carbonyl (C=O) groups is 1. The van der Waals surface area contributed by atoms with Gasteiger partial charge in [-0.15, -0.1) is 0 Å². The molecule has 0 aliphatic rings. The second kappa shape index (κ2) is 5.92. The summed E-state index contributed by atoms with van der Waals surface area (Å²) < 4.78 is 10.6. The van der Waals surface area contributed by atoms with E-state index in [0.29, 0.717) is 11.4 Å². The highest BCUT2D eigenvalue weighted by Gasteiger charge is 2.16. The number of rotatable bonds is 4. The van der Waals surface area contributed by atoms with Gasteiger partial charge in [-0.25, -0.2) is 9.78 Å². The third-order valence-electron chi connectivity index (χ3n) is 2.75. The minimum atomic E-state index is -1.14. The molecule has 1 aromatic carbocycles. The molecule has 1 heterocycles. The maximum atomic E-state index is 11.2. The molecule has 0 saturated heterocycles. The third-order valence-corrected chi connectivity index (χ3v) is 2.75. The lowest BCUT2D eigenvalue weighted by atomic mass is 10.2. The van der Waals surface area contributed by atoms with Crippen molar-refractivity contribution in [1.29, 1.82) is 5.26 Å².